The summed E-state index contributed by atoms with van der Waals surface area (Å²) in [6, 6.07) is 13.0. The summed E-state index contributed by atoms with van der Waals surface area (Å²) in [6.07, 6.45) is 5.06. The Bertz CT molecular complexity index is 536. The van der Waals surface area contributed by atoms with Gasteiger partial charge in [-0.3, -0.25) is 0 Å². The Hall–Kier alpha value is -1.87. The van der Waals surface area contributed by atoms with Crippen LogP contribution in [0.2, 0.25) is 0 Å². The lowest BCUT2D eigenvalue weighted by Gasteiger charge is -2.21. The van der Waals surface area contributed by atoms with Gasteiger partial charge < -0.3 is 10.6 Å². The molecule has 0 fully saturated rings. The van der Waals surface area contributed by atoms with Gasteiger partial charge in [0.15, 0.2) is 0 Å². The van der Waals surface area contributed by atoms with Crippen molar-refractivity contribution < 1.29 is 0 Å². The number of nitrogens with two attached hydrogens (primary N) is 1. The molecule has 0 spiro atoms. The van der Waals surface area contributed by atoms with E-state index in [9.17, 15) is 0 Å². The number of pyridine rings is 1. The van der Waals surface area contributed by atoms with Crippen LogP contribution in [0, 0.1) is 0 Å². The van der Waals surface area contributed by atoms with E-state index in [0.717, 1.165) is 38.2 Å². The van der Waals surface area contributed by atoms with E-state index < -0.39 is 0 Å². The molecule has 2 heterocycles. The molecule has 0 saturated heterocycles. The maximum atomic E-state index is 5.57. The number of rotatable bonds is 3. The van der Waals surface area contributed by atoms with E-state index in [4.69, 9.17) is 5.73 Å². The Morgan fingerprint density at radius 1 is 1.00 bits per heavy atom. The van der Waals surface area contributed by atoms with Crippen LogP contribution in [-0.2, 0) is 19.3 Å². The molecule has 104 valence electrons. The van der Waals surface area contributed by atoms with Crippen molar-refractivity contribution in [2.24, 2.45) is 5.73 Å². The third kappa shape index (κ3) is 2.83. The summed E-state index contributed by atoms with van der Waals surface area (Å²) in [6.45, 7) is 2.76. The summed E-state index contributed by atoms with van der Waals surface area (Å²) in [5, 5.41) is 0. The number of nitrogens with zero attached hydrogens (tertiary/aromatic N) is 2. The van der Waals surface area contributed by atoms with Gasteiger partial charge in [-0.15, -0.1) is 0 Å². The number of anilines is 1. The van der Waals surface area contributed by atoms with Crippen LogP contribution in [0.15, 0.2) is 42.6 Å². The molecule has 0 aliphatic carbocycles. The summed E-state index contributed by atoms with van der Waals surface area (Å²) in [5.41, 5.74) is 9.75. The highest BCUT2D eigenvalue weighted by atomic mass is 15.2. The summed E-state index contributed by atoms with van der Waals surface area (Å²) in [5.74, 6) is 1.08. The molecule has 1 aliphatic rings. The first-order valence-corrected chi connectivity index (χ1v) is 7.33. The highest BCUT2D eigenvalue weighted by Crippen LogP contribution is 2.19. The monoisotopic (exact) mass is 267 g/mol. The highest BCUT2D eigenvalue weighted by molar-refractivity contribution is 5.42. The van der Waals surface area contributed by atoms with Crippen molar-refractivity contribution in [3.05, 3.63) is 59.3 Å². The molecule has 2 aromatic rings. The molecule has 3 nitrogen and oxygen atoms in total. The van der Waals surface area contributed by atoms with Gasteiger partial charge in [0.2, 0.25) is 0 Å². The van der Waals surface area contributed by atoms with Crippen LogP contribution in [0.25, 0.3) is 0 Å². The van der Waals surface area contributed by atoms with Gasteiger partial charge in [0.25, 0.3) is 0 Å². The molecule has 3 rings (SSSR count). The van der Waals surface area contributed by atoms with E-state index in [1.54, 1.807) is 0 Å². The molecule has 0 saturated carbocycles. The van der Waals surface area contributed by atoms with E-state index in [1.807, 2.05) is 6.20 Å². The van der Waals surface area contributed by atoms with E-state index in [1.165, 1.54) is 16.7 Å². The van der Waals surface area contributed by atoms with Crippen LogP contribution in [-0.4, -0.2) is 24.6 Å². The van der Waals surface area contributed by atoms with Gasteiger partial charge in [0, 0.05) is 19.3 Å². The van der Waals surface area contributed by atoms with Crippen molar-refractivity contribution in [2.45, 2.75) is 19.3 Å². The predicted molar refractivity (Wildman–Crippen MR) is 83.1 cm³/mol. The number of hydrogen-bond acceptors (Lipinski definition) is 3. The molecule has 1 aromatic carbocycles. The van der Waals surface area contributed by atoms with Gasteiger partial charge in [-0.05, 0) is 48.6 Å². The third-order valence-corrected chi connectivity index (χ3v) is 3.99. The summed E-state index contributed by atoms with van der Waals surface area (Å²) in [4.78, 5) is 6.98. The molecule has 0 atom stereocenters. The normalized spacial score (nSPS) is 14.8. The zero-order valence-corrected chi connectivity index (χ0v) is 11.8. The second-order valence-corrected chi connectivity index (χ2v) is 5.32. The zero-order chi connectivity index (χ0) is 13.8. The number of benzene rings is 1. The minimum absolute atomic E-state index is 0.681. The molecule has 0 amide bonds. The molecular formula is C17H21N3. The lowest BCUT2D eigenvalue weighted by Crippen LogP contribution is -2.26. The second-order valence-electron chi connectivity index (χ2n) is 5.32. The van der Waals surface area contributed by atoms with Gasteiger partial charge in [-0.1, -0.05) is 30.3 Å². The summed E-state index contributed by atoms with van der Waals surface area (Å²) in [7, 11) is 0. The van der Waals surface area contributed by atoms with Crippen LogP contribution < -0.4 is 10.6 Å². The summed E-state index contributed by atoms with van der Waals surface area (Å²) >= 11 is 0. The molecular weight excluding hydrogens is 246 g/mol. The average Bonchev–Trinajstić information content (AvgIpc) is 2.71. The lowest BCUT2D eigenvalue weighted by molar-refractivity contribution is 0.789. The van der Waals surface area contributed by atoms with Crippen molar-refractivity contribution in [3.8, 4) is 0 Å². The molecule has 1 aliphatic heterocycles. The quantitative estimate of drug-likeness (QED) is 0.927. The van der Waals surface area contributed by atoms with Crippen molar-refractivity contribution in [1.82, 2.24) is 4.98 Å². The Labute approximate surface area is 120 Å². The fourth-order valence-corrected chi connectivity index (χ4v) is 2.82. The maximum Gasteiger partial charge on any atom is 0.128 e. The second kappa shape index (κ2) is 6.06. The SMILES string of the molecule is NCCc1ccc(N2CCc3ccccc3CC2)nc1. The average molecular weight is 267 g/mol. The number of fused-ring (bicyclic) bond motifs is 1. The Kier molecular flexibility index (Phi) is 3.97. The first kappa shape index (κ1) is 13.1. The van der Waals surface area contributed by atoms with Crippen molar-refractivity contribution in [3.63, 3.8) is 0 Å². The van der Waals surface area contributed by atoms with Crippen LogP contribution in [0.3, 0.4) is 0 Å². The van der Waals surface area contributed by atoms with E-state index >= 15 is 0 Å². The van der Waals surface area contributed by atoms with Gasteiger partial charge in [0.1, 0.15) is 5.82 Å². The standard InChI is InChI=1S/C17H21N3/c18-10-7-14-5-6-17(19-13-14)20-11-8-15-3-1-2-4-16(15)9-12-20/h1-6,13H,7-12,18H2. The predicted octanol–water partition coefficient (Wildman–Crippen LogP) is 2.19. The lowest BCUT2D eigenvalue weighted by atomic mass is 10.0. The number of hydrogen-bond donors (Lipinski definition) is 1. The Balaban J connectivity index is 1.73. The van der Waals surface area contributed by atoms with Crippen molar-refractivity contribution in [2.75, 3.05) is 24.5 Å². The number of aromatic nitrogens is 1. The van der Waals surface area contributed by atoms with E-state index in [-0.39, 0.29) is 0 Å². The highest BCUT2D eigenvalue weighted by Gasteiger charge is 2.14. The van der Waals surface area contributed by atoms with Crippen molar-refractivity contribution in [1.29, 1.82) is 0 Å². The molecule has 0 unspecified atom stereocenters. The molecule has 0 radical (unpaired) electrons. The first-order chi connectivity index (χ1) is 9.86. The van der Waals surface area contributed by atoms with E-state index in [2.05, 4.69) is 46.3 Å². The minimum atomic E-state index is 0.681. The first-order valence-electron chi connectivity index (χ1n) is 7.33. The smallest absolute Gasteiger partial charge is 0.128 e. The molecule has 0 bridgehead atoms. The van der Waals surface area contributed by atoms with E-state index in [0.29, 0.717) is 6.54 Å². The van der Waals surface area contributed by atoms with Gasteiger partial charge >= 0.3 is 0 Å². The fraction of sp³-hybridized carbons (Fsp3) is 0.353. The van der Waals surface area contributed by atoms with Crippen molar-refractivity contribution >= 4 is 5.82 Å². The Morgan fingerprint density at radius 3 is 2.25 bits per heavy atom. The zero-order valence-electron chi connectivity index (χ0n) is 11.8. The summed E-state index contributed by atoms with van der Waals surface area (Å²) < 4.78 is 0. The van der Waals surface area contributed by atoms with Crippen LogP contribution in [0.4, 0.5) is 5.82 Å². The maximum absolute atomic E-state index is 5.57. The molecule has 1 aromatic heterocycles. The van der Waals surface area contributed by atoms with Crippen LogP contribution in [0.1, 0.15) is 16.7 Å². The van der Waals surface area contributed by atoms with Gasteiger partial charge in [0.05, 0.1) is 0 Å². The molecule has 3 heteroatoms. The fourth-order valence-electron chi connectivity index (χ4n) is 2.82. The third-order valence-electron chi connectivity index (χ3n) is 3.99. The largest absolute Gasteiger partial charge is 0.356 e. The van der Waals surface area contributed by atoms with Crippen LogP contribution in [0.5, 0.6) is 0 Å². The molecule has 20 heavy (non-hydrogen) atoms. The van der Waals surface area contributed by atoms with Crippen LogP contribution >= 0.6 is 0 Å². The Morgan fingerprint density at radius 2 is 1.70 bits per heavy atom. The molecule has 2 N–H and O–H groups in total. The topological polar surface area (TPSA) is 42.1 Å². The van der Waals surface area contributed by atoms with Gasteiger partial charge in [-0.2, -0.15) is 0 Å². The van der Waals surface area contributed by atoms with Gasteiger partial charge in [-0.25, -0.2) is 4.98 Å². The minimum Gasteiger partial charge on any atom is -0.356 e.